The molecule has 1 aliphatic carbocycles. The van der Waals surface area contributed by atoms with Gasteiger partial charge in [0.15, 0.2) is 5.75 Å². The maximum atomic E-state index is 12.1. The Morgan fingerprint density at radius 2 is 2.26 bits per heavy atom. The molecule has 19 heavy (non-hydrogen) atoms. The van der Waals surface area contributed by atoms with E-state index in [9.17, 15) is 4.79 Å². The van der Waals surface area contributed by atoms with Crippen molar-refractivity contribution in [3.05, 3.63) is 23.8 Å². The number of anilines is 1. The van der Waals surface area contributed by atoms with E-state index in [4.69, 9.17) is 10.5 Å². The number of nitrogens with two attached hydrogens (primary N) is 1. The molecule has 104 valence electrons. The molecule has 0 atom stereocenters. The van der Waals surface area contributed by atoms with E-state index in [-0.39, 0.29) is 5.91 Å². The molecule has 4 nitrogen and oxygen atoms in total. The van der Waals surface area contributed by atoms with Crippen molar-refractivity contribution in [2.45, 2.75) is 32.6 Å². The minimum Gasteiger partial charge on any atom is -0.491 e. The molecule has 1 aliphatic rings. The smallest absolute Gasteiger partial charge is 0.255 e. The molecule has 0 bridgehead atoms. The van der Waals surface area contributed by atoms with Crippen molar-refractivity contribution < 1.29 is 9.53 Å². The molecule has 2 rings (SSSR count). The summed E-state index contributed by atoms with van der Waals surface area (Å²) in [6.45, 7) is 3.10. The van der Waals surface area contributed by atoms with Gasteiger partial charge in [-0.25, -0.2) is 0 Å². The van der Waals surface area contributed by atoms with E-state index in [0.717, 1.165) is 18.9 Å². The van der Waals surface area contributed by atoms with E-state index in [2.05, 4.69) is 5.32 Å². The lowest BCUT2D eigenvalue weighted by Gasteiger charge is -2.25. The molecule has 0 saturated heterocycles. The molecule has 1 fully saturated rings. The van der Waals surface area contributed by atoms with Crippen molar-refractivity contribution in [3.8, 4) is 5.75 Å². The van der Waals surface area contributed by atoms with Gasteiger partial charge in [0.05, 0.1) is 17.9 Å². The van der Waals surface area contributed by atoms with Gasteiger partial charge in [-0.2, -0.15) is 0 Å². The predicted molar refractivity (Wildman–Crippen MR) is 76.3 cm³/mol. The van der Waals surface area contributed by atoms with Crippen molar-refractivity contribution in [2.75, 3.05) is 18.9 Å². The topological polar surface area (TPSA) is 64.3 Å². The van der Waals surface area contributed by atoms with Crippen LogP contribution in [0.3, 0.4) is 0 Å². The zero-order chi connectivity index (χ0) is 13.7. The monoisotopic (exact) mass is 262 g/mol. The molecule has 0 radical (unpaired) electrons. The molecular formula is C15H22N2O2. The van der Waals surface area contributed by atoms with Crippen LogP contribution in [0.5, 0.6) is 5.75 Å². The third kappa shape index (κ3) is 3.40. The Balaban J connectivity index is 1.95. The summed E-state index contributed by atoms with van der Waals surface area (Å²) < 4.78 is 5.46. The van der Waals surface area contributed by atoms with E-state index in [1.807, 2.05) is 6.92 Å². The maximum absolute atomic E-state index is 12.1. The number of amides is 1. The summed E-state index contributed by atoms with van der Waals surface area (Å²) in [5, 5.41) is 2.95. The number of nitrogens with one attached hydrogen (secondary N) is 1. The zero-order valence-electron chi connectivity index (χ0n) is 11.4. The summed E-state index contributed by atoms with van der Waals surface area (Å²) in [6.07, 6.45) is 5.01. The van der Waals surface area contributed by atoms with Crippen LogP contribution in [0, 0.1) is 5.92 Å². The SMILES string of the molecule is CCOc1c(N)cccc1C(=O)NCCC1CCC1. The molecule has 1 aromatic rings. The Bertz CT molecular complexity index is 442. The first-order valence-corrected chi connectivity index (χ1v) is 7.02. The van der Waals surface area contributed by atoms with Crippen LogP contribution < -0.4 is 15.8 Å². The van der Waals surface area contributed by atoms with Crippen molar-refractivity contribution in [1.29, 1.82) is 0 Å². The lowest BCUT2D eigenvalue weighted by molar-refractivity contribution is 0.0945. The van der Waals surface area contributed by atoms with Gasteiger partial charge in [0.2, 0.25) is 0 Å². The summed E-state index contributed by atoms with van der Waals surface area (Å²) in [7, 11) is 0. The lowest BCUT2D eigenvalue weighted by atomic mass is 9.83. The van der Waals surface area contributed by atoms with Gasteiger partial charge in [-0.05, 0) is 31.4 Å². The third-order valence-corrected chi connectivity index (χ3v) is 3.64. The van der Waals surface area contributed by atoms with E-state index in [0.29, 0.717) is 23.6 Å². The number of benzene rings is 1. The van der Waals surface area contributed by atoms with Gasteiger partial charge < -0.3 is 15.8 Å². The Labute approximate surface area is 114 Å². The van der Waals surface area contributed by atoms with Crippen LogP contribution in [0.2, 0.25) is 0 Å². The second kappa shape index (κ2) is 6.45. The van der Waals surface area contributed by atoms with Gasteiger partial charge in [-0.3, -0.25) is 4.79 Å². The molecular weight excluding hydrogens is 240 g/mol. The fourth-order valence-corrected chi connectivity index (χ4v) is 2.31. The Morgan fingerprint density at radius 3 is 2.89 bits per heavy atom. The van der Waals surface area contributed by atoms with E-state index in [1.165, 1.54) is 19.3 Å². The van der Waals surface area contributed by atoms with Gasteiger partial charge in [0.25, 0.3) is 5.91 Å². The van der Waals surface area contributed by atoms with Crippen LogP contribution in [0.1, 0.15) is 43.0 Å². The summed E-state index contributed by atoms with van der Waals surface area (Å²) in [5.41, 5.74) is 6.88. The standard InChI is InChI=1S/C15H22N2O2/c1-2-19-14-12(7-4-8-13(14)16)15(18)17-10-9-11-5-3-6-11/h4,7-8,11H,2-3,5-6,9-10,16H2,1H3,(H,17,18). The van der Waals surface area contributed by atoms with Gasteiger partial charge in [-0.15, -0.1) is 0 Å². The van der Waals surface area contributed by atoms with Gasteiger partial charge >= 0.3 is 0 Å². The fourth-order valence-electron chi connectivity index (χ4n) is 2.31. The number of ether oxygens (including phenoxy) is 1. The molecule has 1 amide bonds. The van der Waals surface area contributed by atoms with Crippen molar-refractivity contribution >= 4 is 11.6 Å². The molecule has 0 aromatic heterocycles. The van der Waals surface area contributed by atoms with Crippen molar-refractivity contribution in [3.63, 3.8) is 0 Å². The van der Waals surface area contributed by atoms with Gasteiger partial charge in [0.1, 0.15) is 0 Å². The number of hydrogen-bond donors (Lipinski definition) is 2. The number of nitrogen functional groups attached to an aromatic ring is 1. The molecule has 0 heterocycles. The lowest BCUT2D eigenvalue weighted by Crippen LogP contribution is -2.28. The van der Waals surface area contributed by atoms with Crippen molar-refractivity contribution in [2.24, 2.45) is 5.92 Å². The maximum Gasteiger partial charge on any atom is 0.255 e. The number of carbonyl (C=O) groups excluding carboxylic acids is 1. The zero-order valence-corrected chi connectivity index (χ0v) is 11.4. The quantitative estimate of drug-likeness (QED) is 0.774. The summed E-state index contributed by atoms with van der Waals surface area (Å²) in [5.74, 6) is 1.19. The van der Waals surface area contributed by atoms with Crippen LogP contribution in [0.4, 0.5) is 5.69 Å². The first-order chi connectivity index (χ1) is 9.22. The molecule has 1 aromatic carbocycles. The third-order valence-electron chi connectivity index (χ3n) is 3.64. The van der Waals surface area contributed by atoms with Gasteiger partial charge in [-0.1, -0.05) is 25.3 Å². The fraction of sp³-hybridized carbons (Fsp3) is 0.533. The second-order valence-electron chi connectivity index (χ2n) is 5.00. The number of hydrogen-bond acceptors (Lipinski definition) is 3. The molecule has 0 unspecified atom stereocenters. The summed E-state index contributed by atoms with van der Waals surface area (Å²) >= 11 is 0. The first-order valence-electron chi connectivity index (χ1n) is 7.02. The minimum absolute atomic E-state index is 0.102. The predicted octanol–water partition coefficient (Wildman–Crippen LogP) is 2.59. The van der Waals surface area contributed by atoms with Crippen LogP contribution in [0.25, 0.3) is 0 Å². The molecule has 0 aliphatic heterocycles. The molecule has 4 heteroatoms. The van der Waals surface area contributed by atoms with Crippen LogP contribution in [0.15, 0.2) is 18.2 Å². The second-order valence-corrected chi connectivity index (χ2v) is 5.00. The Kier molecular flexibility index (Phi) is 4.66. The van der Waals surface area contributed by atoms with E-state index >= 15 is 0 Å². The Hall–Kier alpha value is -1.71. The highest BCUT2D eigenvalue weighted by atomic mass is 16.5. The van der Waals surface area contributed by atoms with Crippen LogP contribution >= 0.6 is 0 Å². The highest BCUT2D eigenvalue weighted by molar-refractivity contribution is 5.98. The molecule has 1 saturated carbocycles. The van der Waals surface area contributed by atoms with Gasteiger partial charge in [0, 0.05) is 6.54 Å². The summed E-state index contributed by atoms with van der Waals surface area (Å²) in [6, 6.07) is 5.27. The van der Waals surface area contributed by atoms with Crippen LogP contribution in [-0.2, 0) is 0 Å². The van der Waals surface area contributed by atoms with E-state index in [1.54, 1.807) is 18.2 Å². The van der Waals surface area contributed by atoms with Crippen LogP contribution in [-0.4, -0.2) is 19.1 Å². The van der Waals surface area contributed by atoms with Crippen molar-refractivity contribution in [1.82, 2.24) is 5.32 Å². The van der Waals surface area contributed by atoms with E-state index < -0.39 is 0 Å². The molecule has 3 N–H and O–H groups in total. The number of carbonyl (C=O) groups is 1. The first kappa shape index (κ1) is 13.7. The average Bonchev–Trinajstić information content (AvgIpc) is 2.35. The Morgan fingerprint density at radius 1 is 1.47 bits per heavy atom. The number of rotatable bonds is 6. The normalized spacial score (nSPS) is 14.8. The highest BCUT2D eigenvalue weighted by Gasteiger charge is 2.18. The summed E-state index contributed by atoms with van der Waals surface area (Å²) in [4.78, 5) is 12.1. The largest absolute Gasteiger partial charge is 0.491 e. The number of para-hydroxylation sites is 1. The minimum atomic E-state index is -0.102. The molecule has 0 spiro atoms. The average molecular weight is 262 g/mol. The highest BCUT2D eigenvalue weighted by Crippen LogP contribution is 2.29.